The zero-order chi connectivity index (χ0) is 26.0. The number of rotatable bonds is 7. The number of ether oxygens (including phenoxy) is 1. The van der Waals surface area contributed by atoms with Gasteiger partial charge in [-0.25, -0.2) is 9.07 Å². The molecule has 7 nitrogen and oxygen atoms in total. The van der Waals surface area contributed by atoms with Crippen LogP contribution in [-0.4, -0.2) is 40.4 Å². The number of aromatic nitrogens is 2. The van der Waals surface area contributed by atoms with Gasteiger partial charge < -0.3 is 15.4 Å². The number of halogens is 5. The maximum absolute atomic E-state index is 14.0. The first kappa shape index (κ1) is 25.6. The van der Waals surface area contributed by atoms with Gasteiger partial charge in [-0.2, -0.15) is 13.2 Å². The van der Waals surface area contributed by atoms with E-state index >= 15 is 0 Å². The highest BCUT2D eigenvalue weighted by atomic mass is 35.5. The van der Waals surface area contributed by atoms with Crippen LogP contribution in [-0.2, 0) is 20.9 Å². The Labute approximate surface area is 208 Å². The molecule has 2 atom stereocenters. The van der Waals surface area contributed by atoms with E-state index in [0.717, 1.165) is 6.92 Å². The molecule has 0 radical (unpaired) electrons. The van der Waals surface area contributed by atoms with Crippen LogP contribution in [0.3, 0.4) is 0 Å². The summed E-state index contributed by atoms with van der Waals surface area (Å²) >= 11 is 6.24. The van der Waals surface area contributed by atoms with E-state index in [1.807, 2.05) is 0 Å². The summed E-state index contributed by atoms with van der Waals surface area (Å²) in [6, 6.07) is 11.7. The summed E-state index contributed by atoms with van der Waals surface area (Å²) in [6.07, 6.45) is -6.43. The third-order valence-corrected chi connectivity index (χ3v) is 5.79. The number of benzene rings is 2. The summed E-state index contributed by atoms with van der Waals surface area (Å²) < 4.78 is 58.8. The lowest BCUT2D eigenvalue weighted by atomic mass is 10.1. The highest BCUT2D eigenvalue weighted by Gasteiger charge is 2.37. The molecular formula is C24H21ClF4N4O3. The molecule has 2 aromatic carbocycles. The molecule has 0 saturated carbocycles. The summed E-state index contributed by atoms with van der Waals surface area (Å²) in [4.78, 5) is 24.1. The van der Waals surface area contributed by atoms with Crippen LogP contribution in [0, 0.1) is 11.7 Å². The number of anilines is 1. The number of alkyl halides is 3. The summed E-state index contributed by atoms with van der Waals surface area (Å²) in [5, 5.41) is 9.87. The molecule has 36 heavy (non-hydrogen) atoms. The predicted octanol–water partition coefficient (Wildman–Crippen LogP) is 4.87. The van der Waals surface area contributed by atoms with Crippen molar-refractivity contribution in [3.63, 3.8) is 0 Å². The smallest absolute Gasteiger partial charge is 0.364 e. The van der Waals surface area contributed by atoms with Crippen molar-refractivity contribution in [2.45, 2.75) is 32.2 Å². The van der Waals surface area contributed by atoms with Crippen LogP contribution in [0.15, 0.2) is 48.5 Å². The molecule has 1 fully saturated rings. The highest BCUT2D eigenvalue weighted by molar-refractivity contribution is 6.31. The molecule has 1 aliphatic heterocycles. The molecule has 2 heterocycles. The van der Waals surface area contributed by atoms with Crippen molar-refractivity contribution in [1.82, 2.24) is 15.1 Å². The summed E-state index contributed by atoms with van der Waals surface area (Å²) in [5.41, 5.74) is 1.56. The Balaban J connectivity index is 1.68. The monoisotopic (exact) mass is 524 g/mol. The fourth-order valence-corrected chi connectivity index (χ4v) is 3.93. The molecular weight excluding hydrogens is 504 g/mol. The van der Waals surface area contributed by atoms with Crippen molar-refractivity contribution in [2.75, 3.05) is 11.9 Å². The molecule has 0 bridgehead atoms. The molecule has 1 saturated heterocycles. The van der Waals surface area contributed by atoms with Crippen LogP contribution in [0.2, 0.25) is 5.02 Å². The number of hydrogen-bond acceptors (Lipinski definition) is 4. The molecule has 2 N–H and O–H groups in total. The Bertz CT molecular complexity index is 1290. The largest absolute Gasteiger partial charge is 0.414 e. The lowest BCUT2D eigenvalue weighted by Gasteiger charge is -2.17. The van der Waals surface area contributed by atoms with E-state index in [1.54, 1.807) is 18.2 Å². The van der Waals surface area contributed by atoms with Gasteiger partial charge in [0.1, 0.15) is 5.82 Å². The van der Waals surface area contributed by atoms with Crippen LogP contribution in [0.4, 0.5) is 23.4 Å². The number of carbonyl (C=O) groups is 2. The highest BCUT2D eigenvalue weighted by Crippen LogP contribution is 2.31. The number of carbonyl (C=O) groups excluding carboxylic acids is 2. The Kier molecular flexibility index (Phi) is 7.32. The molecule has 4 rings (SSSR count). The van der Waals surface area contributed by atoms with E-state index in [0.29, 0.717) is 22.5 Å². The maximum atomic E-state index is 14.0. The molecule has 12 heteroatoms. The average molecular weight is 525 g/mol. The zero-order valence-corrected chi connectivity index (χ0v) is 19.7. The number of hydrogen-bond donors (Lipinski definition) is 2. The normalized spacial score (nSPS) is 16.6. The van der Waals surface area contributed by atoms with Crippen molar-refractivity contribution < 1.29 is 31.9 Å². The van der Waals surface area contributed by atoms with Gasteiger partial charge in [-0.3, -0.25) is 9.59 Å². The van der Waals surface area contributed by atoms with Gasteiger partial charge in [0, 0.05) is 29.6 Å². The van der Waals surface area contributed by atoms with Gasteiger partial charge in [0.2, 0.25) is 11.8 Å². The minimum Gasteiger partial charge on any atom is -0.364 e. The molecule has 1 aromatic heterocycles. The zero-order valence-electron chi connectivity index (χ0n) is 18.9. The van der Waals surface area contributed by atoms with Gasteiger partial charge in [-0.1, -0.05) is 17.7 Å². The second kappa shape index (κ2) is 10.3. The van der Waals surface area contributed by atoms with Crippen LogP contribution >= 0.6 is 11.6 Å². The minimum atomic E-state index is -4.51. The Morgan fingerprint density at radius 3 is 2.72 bits per heavy atom. The maximum Gasteiger partial charge on any atom is 0.414 e. The number of amides is 2. The Hall–Kier alpha value is -3.44. The van der Waals surface area contributed by atoms with Crippen LogP contribution in [0.5, 0.6) is 0 Å². The quantitative estimate of drug-likeness (QED) is 0.432. The average Bonchev–Trinajstić information content (AvgIpc) is 3.43. The Morgan fingerprint density at radius 1 is 1.28 bits per heavy atom. The van der Waals surface area contributed by atoms with Gasteiger partial charge in [-0.05, 0) is 48.9 Å². The number of nitrogens with zero attached hydrogens (tertiary/aromatic N) is 2. The molecule has 2 amide bonds. The molecule has 190 valence electrons. The first-order valence-corrected chi connectivity index (χ1v) is 11.3. The van der Waals surface area contributed by atoms with E-state index in [1.165, 1.54) is 35.0 Å². The van der Waals surface area contributed by atoms with Gasteiger partial charge in [0.25, 0.3) is 0 Å². The van der Waals surface area contributed by atoms with Crippen LogP contribution in [0.1, 0.15) is 18.9 Å². The molecule has 0 aliphatic carbocycles. The van der Waals surface area contributed by atoms with Crippen LogP contribution < -0.4 is 10.6 Å². The lowest BCUT2D eigenvalue weighted by molar-refractivity contribution is -0.217. The van der Waals surface area contributed by atoms with E-state index in [4.69, 9.17) is 16.3 Å². The molecule has 1 aliphatic rings. The fraction of sp³-hybridized carbons (Fsp3) is 0.292. The van der Waals surface area contributed by atoms with Gasteiger partial charge in [0.05, 0.1) is 23.9 Å². The van der Waals surface area contributed by atoms with E-state index < -0.39 is 29.9 Å². The topological polar surface area (TPSA) is 85.2 Å². The van der Waals surface area contributed by atoms with Crippen molar-refractivity contribution in [1.29, 1.82) is 0 Å². The second-order valence-corrected chi connectivity index (χ2v) is 8.78. The number of nitrogens with one attached hydrogen (secondary N) is 2. The van der Waals surface area contributed by atoms with E-state index in [2.05, 4.69) is 15.7 Å². The second-order valence-electron chi connectivity index (χ2n) is 8.34. The van der Waals surface area contributed by atoms with Crippen molar-refractivity contribution in [3.05, 3.63) is 64.9 Å². The SMILES string of the molecule is C[C@@H](OCc1cc(Cl)cc(-c2cc(NC(=O)[C@@H]3CNC(=O)C3)nn2-c2cccc(F)c2)c1)C(F)(F)F. The first-order valence-electron chi connectivity index (χ1n) is 10.9. The summed E-state index contributed by atoms with van der Waals surface area (Å²) in [5.74, 6) is -1.58. The third kappa shape index (κ3) is 6.03. The third-order valence-electron chi connectivity index (χ3n) is 5.58. The molecule has 0 unspecified atom stereocenters. The summed E-state index contributed by atoms with van der Waals surface area (Å²) in [7, 11) is 0. The standard InChI is InChI=1S/C24H21ClF4N4O3/c1-13(24(27,28)29)36-12-14-5-15(7-17(25)6-14)20-10-21(31-23(35)16-8-22(34)30-11-16)32-33(20)19-4-2-3-18(26)9-19/h2-7,9-10,13,16H,8,11-12H2,1H3,(H,30,34)(H,31,32,35)/t13-,16+/m1/s1. The van der Waals surface area contributed by atoms with E-state index in [-0.39, 0.29) is 36.3 Å². The lowest BCUT2D eigenvalue weighted by Crippen LogP contribution is -2.28. The Morgan fingerprint density at radius 2 is 2.06 bits per heavy atom. The molecule has 0 spiro atoms. The van der Waals surface area contributed by atoms with Gasteiger partial charge in [0.15, 0.2) is 11.9 Å². The predicted molar refractivity (Wildman–Crippen MR) is 124 cm³/mol. The fourth-order valence-electron chi connectivity index (χ4n) is 3.67. The minimum absolute atomic E-state index is 0.0529. The summed E-state index contributed by atoms with van der Waals surface area (Å²) in [6.45, 7) is 0.762. The van der Waals surface area contributed by atoms with Gasteiger partial charge in [-0.15, -0.1) is 5.10 Å². The molecule has 3 aromatic rings. The van der Waals surface area contributed by atoms with Crippen LogP contribution in [0.25, 0.3) is 16.9 Å². The van der Waals surface area contributed by atoms with Crippen molar-refractivity contribution in [2.24, 2.45) is 5.92 Å². The van der Waals surface area contributed by atoms with Crippen molar-refractivity contribution >= 4 is 29.2 Å². The van der Waals surface area contributed by atoms with Crippen molar-refractivity contribution in [3.8, 4) is 16.9 Å². The van der Waals surface area contributed by atoms with E-state index in [9.17, 15) is 27.2 Å². The van der Waals surface area contributed by atoms with Gasteiger partial charge >= 0.3 is 6.18 Å². The first-order chi connectivity index (χ1) is 17.0.